The summed E-state index contributed by atoms with van der Waals surface area (Å²) >= 11 is 0. The number of amides is 1. The number of hydrogen-bond acceptors (Lipinski definition) is 4. The molecule has 4 rings (SSSR count). The Balaban J connectivity index is 1.43. The average molecular weight is 402 g/mol. The molecule has 0 bridgehead atoms. The van der Waals surface area contributed by atoms with Crippen molar-refractivity contribution in [3.8, 4) is 0 Å². The number of aliphatic imine (C=N–C) groups is 1. The van der Waals surface area contributed by atoms with E-state index in [2.05, 4.69) is 66.1 Å². The van der Waals surface area contributed by atoms with Crippen LogP contribution in [0.25, 0.3) is 5.57 Å². The third kappa shape index (κ3) is 4.52. The summed E-state index contributed by atoms with van der Waals surface area (Å²) in [6.07, 6.45) is 4.25. The number of nitrogens with one attached hydrogen (secondary N) is 2. The molecule has 2 aromatic carbocycles. The molecule has 5 heteroatoms. The van der Waals surface area contributed by atoms with Crippen LogP contribution in [0.4, 0.5) is 0 Å². The maximum Gasteiger partial charge on any atom is 0.217 e. The van der Waals surface area contributed by atoms with Gasteiger partial charge in [-0.15, -0.1) is 0 Å². The van der Waals surface area contributed by atoms with Gasteiger partial charge in [-0.05, 0) is 41.3 Å². The predicted octanol–water partition coefficient (Wildman–Crippen LogP) is 3.47. The Morgan fingerprint density at radius 3 is 2.67 bits per heavy atom. The Morgan fingerprint density at radius 1 is 1.07 bits per heavy atom. The van der Waals surface area contributed by atoms with E-state index in [1.165, 1.54) is 23.6 Å². The van der Waals surface area contributed by atoms with Crippen molar-refractivity contribution in [2.75, 3.05) is 13.1 Å². The normalized spacial score (nSPS) is 19.9. The number of fused-ring (bicyclic) bond motifs is 1. The van der Waals surface area contributed by atoms with E-state index < -0.39 is 0 Å². The van der Waals surface area contributed by atoms with Crippen LogP contribution in [0.2, 0.25) is 0 Å². The van der Waals surface area contributed by atoms with Gasteiger partial charge in [0, 0.05) is 32.1 Å². The van der Waals surface area contributed by atoms with Crippen LogP contribution in [-0.4, -0.2) is 37.0 Å². The number of carbonyl (C=O) groups is 1. The molecular weight excluding hydrogens is 374 g/mol. The van der Waals surface area contributed by atoms with Gasteiger partial charge in [-0.2, -0.15) is 0 Å². The van der Waals surface area contributed by atoms with Crippen molar-refractivity contribution in [1.82, 2.24) is 10.6 Å². The fourth-order valence-electron chi connectivity index (χ4n) is 3.85. The molecule has 0 aromatic heterocycles. The van der Waals surface area contributed by atoms with Gasteiger partial charge in [-0.25, -0.2) is 4.99 Å². The highest BCUT2D eigenvalue weighted by molar-refractivity contribution is 5.96. The number of nitrogens with zero attached hydrogens (tertiary/aromatic N) is 1. The Kier molecular flexibility index (Phi) is 6.10. The second kappa shape index (κ2) is 9.09. The number of rotatable bonds is 7. The lowest BCUT2D eigenvalue weighted by atomic mass is 9.89. The van der Waals surface area contributed by atoms with Gasteiger partial charge in [0.25, 0.3) is 0 Å². The van der Waals surface area contributed by atoms with Crippen molar-refractivity contribution in [3.63, 3.8) is 0 Å². The Labute approximate surface area is 177 Å². The molecule has 2 aliphatic rings. The molecule has 0 saturated heterocycles. The summed E-state index contributed by atoms with van der Waals surface area (Å²) in [7, 11) is 0. The van der Waals surface area contributed by atoms with Gasteiger partial charge in [0.05, 0.1) is 0 Å². The number of allylic oxidation sites excluding steroid dienone is 2. The highest BCUT2D eigenvalue weighted by Crippen LogP contribution is 2.34. The molecule has 1 aliphatic carbocycles. The minimum Gasteiger partial charge on any atom is -0.467 e. The van der Waals surface area contributed by atoms with Crippen LogP contribution < -0.4 is 10.6 Å². The quantitative estimate of drug-likeness (QED) is 0.699. The van der Waals surface area contributed by atoms with Crippen LogP contribution in [0, 0.1) is 0 Å². The van der Waals surface area contributed by atoms with Crippen molar-refractivity contribution < 1.29 is 9.53 Å². The van der Waals surface area contributed by atoms with Gasteiger partial charge in [0.1, 0.15) is 12.1 Å². The molecule has 1 aliphatic heterocycles. The van der Waals surface area contributed by atoms with E-state index >= 15 is 0 Å². The zero-order valence-electron chi connectivity index (χ0n) is 17.4. The summed E-state index contributed by atoms with van der Waals surface area (Å²) in [5.41, 5.74) is 5.78. The molecule has 0 saturated carbocycles. The first kappa shape index (κ1) is 20.1. The van der Waals surface area contributed by atoms with Gasteiger partial charge < -0.3 is 15.4 Å². The van der Waals surface area contributed by atoms with Crippen molar-refractivity contribution in [2.24, 2.45) is 4.99 Å². The maximum absolute atomic E-state index is 10.9. The first-order valence-corrected chi connectivity index (χ1v) is 10.3. The lowest BCUT2D eigenvalue weighted by molar-refractivity contribution is -0.118. The average Bonchev–Trinajstić information content (AvgIpc) is 3.20. The van der Waals surface area contributed by atoms with Crippen LogP contribution >= 0.6 is 0 Å². The van der Waals surface area contributed by atoms with Crippen LogP contribution in [-0.2, 0) is 16.1 Å². The molecule has 5 nitrogen and oxygen atoms in total. The number of ether oxygens (including phenoxy) is 1. The van der Waals surface area contributed by atoms with E-state index in [0.29, 0.717) is 12.4 Å². The smallest absolute Gasteiger partial charge is 0.217 e. The van der Waals surface area contributed by atoms with Crippen molar-refractivity contribution >= 4 is 17.4 Å². The molecule has 2 atom stereocenters. The zero-order valence-corrected chi connectivity index (χ0v) is 17.4. The molecular formula is C25H27N3O2. The van der Waals surface area contributed by atoms with E-state index in [0.717, 1.165) is 24.2 Å². The molecule has 0 spiro atoms. The Hall–Kier alpha value is -3.18. The van der Waals surface area contributed by atoms with Crippen LogP contribution in [0.1, 0.15) is 30.5 Å². The monoisotopic (exact) mass is 401 g/mol. The lowest BCUT2D eigenvalue weighted by Crippen LogP contribution is -2.29. The summed E-state index contributed by atoms with van der Waals surface area (Å²) in [5.74, 6) is 0.689. The molecule has 2 unspecified atom stereocenters. The summed E-state index contributed by atoms with van der Waals surface area (Å²) in [4.78, 5) is 15.8. The minimum absolute atomic E-state index is 0.00882. The number of carbonyl (C=O) groups excluding carboxylic acids is 1. The van der Waals surface area contributed by atoms with E-state index in [1.54, 1.807) is 0 Å². The highest BCUT2D eigenvalue weighted by atomic mass is 16.5. The largest absolute Gasteiger partial charge is 0.467 e. The summed E-state index contributed by atoms with van der Waals surface area (Å²) in [5, 5.41) is 6.13. The molecule has 0 radical (unpaired) electrons. The third-order valence-corrected chi connectivity index (χ3v) is 5.39. The van der Waals surface area contributed by atoms with Gasteiger partial charge >= 0.3 is 0 Å². The fourth-order valence-corrected chi connectivity index (χ4v) is 3.85. The summed E-state index contributed by atoms with van der Waals surface area (Å²) in [6.45, 7) is 5.73. The van der Waals surface area contributed by atoms with Crippen LogP contribution in [0.5, 0.6) is 0 Å². The minimum atomic E-state index is -0.0559. The second-order valence-corrected chi connectivity index (χ2v) is 7.65. The zero-order chi connectivity index (χ0) is 20.9. The van der Waals surface area contributed by atoms with Crippen molar-refractivity contribution in [3.05, 3.63) is 89.0 Å². The van der Waals surface area contributed by atoms with E-state index in [1.807, 2.05) is 18.2 Å². The van der Waals surface area contributed by atoms with Gasteiger partial charge in [0.2, 0.25) is 11.8 Å². The molecule has 154 valence electrons. The predicted molar refractivity (Wildman–Crippen MR) is 120 cm³/mol. The molecule has 30 heavy (non-hydrogen) atoms. The second-order valence-electron chi connectivity index (χ2n) is 7.65. The van der Waals surface area contributed by atoms with Gasteiger partial charge in [0.15, 0.2) is 0 Å². The number of hydrogen-bond donors (Lipinski definition) is 2. The maximum atomic E-state index is 10.9. The standard InChI is InChI=1S/C25H27N3O2/c1-17-22(20-8-4-3-5-9-20)11-12-23-24(17)30-25(28-23)21-10-6-7-19(15-21)16-26-13-14-27-18(2)29/h3-12,15,23-24,26H,13-14,16H2,1-2H3,(H,27,29). The first-order valence-electron chi connectivity index (χ1n) is 10.3. The lowest BCUT2D eigenvalue weighted by Gasteiger charge is -2.23. The fraction of sp³-hybridized carbons (Fsp3) is 0.280. The van der Waals surface area contributed by atoms with Gasteiger partial charge in [-0.1, -0.05) is 54.6 Å². The van der Waals surface area contributed by atoms with Crippen molar-refractivity contribution in [2.45, 2.75) is 32.5 Å². The highest BCUT2D eigenvalue weighted by Gasteiger charge is 2.34. The van der Waals surface area contributed by atoms with E-state index in [-0.39, 0.29) is 18.1 Å². The van der Waals surface area contributed by atoms with E-state index in [9.17, 15) is 4.79 Å². The summed E-state index contributed by atoms with van der Waals surface area (Å²) < 4.78 is 6.31. The Bertz CT molecular complexity index is 1010. The molecule has 1 heterocycles. The first-order chi connectivity index (χ1) is 14.6. The Morgan fingerprint density at radius 2 is 1.87 bits per heavy atom. The third-order valence-electron chi connectivity index (χ3n) is 5.39. The molecule has 1 amide bonds. The topological polar surface area (TPSA) is 62.7 Å². The summed E-state index contributed by atoms with van der Waals surface area (Å²) in [6, 6.07) is 18.7. The van der Waals surface area contributed by atoms with Crippen LogP contribution in [0.15, 0.2) is 77.3 Å². The van der Waals surface area contributed by atoms with Crippen LogP contribution in [0.3, 0.4) is 0 Å². The van der Waals surface area contributed by atoms with Gasteiger partial charge in [-0.3, -0.25) is 4.79 Å². The van der Waals surface area contributed by atoms with Crippen molar-refractivity contribution in [1.29, 1.82) is 0 Å². The SMILES string of the molecule is CC(=O)NCCNCc1cccc(C2=NC3C=CC(c4ccccc4)=C(C)C3O2)c1. The molecule has 2 aromatic rings. The number of benzene rings is 2. The molecule has 0 fully saturated rings. The molecule has 2 N–H and O–H groups in total. The van der Waals surface area contributed by atoms with E-state index in [4.69, 9.17) is 9.73 Å².